The van der Waals surface area contributed by atoms with Gasteiger partial charge in [0.25, 0.3) is 0 Å². The molecule has 0 bridgehead atoms. The Hall–Kier alpha value is -1.42. The van der Waals surface area contributed by atoms with E-state index in [9.17, 15) is 0 Å². The van der Waals surface area contributed by atoms with Gasteiger partial charge in [0.15, 0.2) is 0 Å². The average Bonchev–Trinajstić information content (AvgIpc) is 2.53. The number of hydrogen-bond acceptors (Lipinski definition) is 4. The lowest BCUT2D eigenvalue weighted by molar-refractivity contribution is 1.05. The zero-order valence-corrected chi connectivity index (χ0v) is 8.01. The Morgan fingerprint density at radius 2 is 1.85 bits per heavy atom. The smallest absolute Gasteiger partial charge is 0.147 e. The largest absolute Gasteiger partial charge is 0.399 e. The molecule has 1 aromatic carbocycles. The van der Waals surface area contributed by atoms with Crippen molar-refractivity contribution in [1.29, 1.82) is 0 Å². The second kappa shape index (κ2) is 3.14. The molecule has 1 aromatic heterocycles. The summed E-state index contributed by atoms with van der Waals surface area (Å²) >= 11 is 1.58. The minimum absolute atomic E-state index is 0.769. The molecule has 0 spiro atoms. The van der Waals surface area contributed by atoms with Gasteiger partial charge in [-0.15, -0.1) is 10.2 Å². The van der Waals surface area contributed by atoms with Crippen molar-refractivity contribution in [2.45, 2.75) is 6.92 Å². The highest BCUT2D eigenvalue weighted by Crippen LogP contribution is 2.23. The molecule has 0 radical (unpaired) electrons. The van der Waals surface area contributed by atoms with Gasteiger partial charge in [0.05, 0.1) is 0 Å². The van der Waals surface area contributed by atoms with Crippen molar-refractivity contribution >= 4 is 17.0 Å². The predicted octanol–water partition coefficient (Wildman–Crippen LogP) is 2.10. The van der Waals surface area contributed by atoms with Crippen molar-refractivity contribution in [2.24, 2.45) is 0 Å². The van der Waals surface area contributed by atoms with E-state index in [1.165, 1.54) is 0 Å². The van der Waals surface area contributed by atoms with Crippen molar-refractivity contribution in [1.82, 2.24) is 10.2 Å². The van der Waals surface area contributed by atoms with Crippen LogP contribution in [0.4, 0.5) is 5.69 Å². The number of nitrogens with two attached hydrogens (primary N) is 1. The number of aryl methyl sites for hydroxylation is 1. The van der Waals surface area contributed by atoms with Crippen LogP contribution in [0, 0.1) is 6.92 Å². The normalized spacial score (nSPS) is 10.2. The second-order valence-corrected chi connectivity index (χ2v) is 3.93. The van der Waals surface area contributed by atoms with E-state index in [4.69, 9.17) is 5.73 Å². The van der Waals surface area contributed by atoms with Crippen LogP contribution in [0.5, 0.6) is 0 Å². The molecule has 0 aliphatic rings. The van der Waals surface area contributed by atoms with Gasteiger partial charge in [0.1, 0.15) is 10.0 Å². The number of aromatic nitrogens is 2. The van der Waals surface area contributed by atoms with Gasteiger partial charge >= 0.3 is 0 Å². The second-order valence-electron chi connectivity index (χ2n) is 2.75. The summed E-state index contributed by atoms with van der Waals surface area (Å²) in [7, 11) is 0. The maximum atomic E-state index is 5.58. The fourth-order valence-corrected chi connectivity index (χ4v) is 1.74. The maximum absolute atomic E-state index is 5.58. The summed E-state index contributed by atoms with van der Waals surface area (Å²) in [6, 6.07) is 7.64. The summed E-state index contributed by atoms with van der Waals surface area (Å²) in [5, 5.41) is 9.92. The van der Waals surface area contributed by atoms with E-state index >= 15 is 0 Å². The summed E-state index contributed by atoms with van der Waals surface area (Å²) in [5.74, 6) is 0. The molecular weight excluding hydrogens is 182 g/mol. The van der Waals surface area contributed by atoms with Crippen molar-refractivity contribution in [3.8, 4) is 10.6 Å². The van der Waals surface area contributed by atoms with Crippen LogP contribution in [0.3, 0.4) is 0 Å². The molecule has 0 amide bonds. The molecule has 0 saturated heterocycles. The van der Waals surface area contributed by atoms with E-state index in [2.05, 4.69) is 10.2 Å². The van der Waals surface area contributed by atoms with E-state index < -0.39 is 0 Å². The lowest BCUT2D eigenvalue weighted by atomic mass is 10.2. The van der Waals surface area contributed by atoms with Crippen LogP contribution in [0.1, 0.15) is 5.01 Å². The van der Waals surface area contributed by atoms with E-state index in [0.717, 1.165) is 21.3 Å². The topological polar surface area (TPSA) is 51.8 Å². The van der Waals surface area contributed by atoms with Gasteiger partial charge in [-0.05, 0) is 31.2 Å². The Kier molecular flexibility index (Phi) is 1.98. The van der Waals surface area contributed by atoms with Crippen LogP contribution in [0.2, 0.25) is 0 Å². The van der Waals surface area contributed by atoms with Crippen LogP contribution in [0.25, 0.3) is 10.6 Å². The number of rotatable bonds is 1. The maximum Gasteiger partial charge on any atom is 0.147 e. The minimum atomic E-state index is 0.769. The molecule has 3 nitrogen and oxygen atoms in total. The highest BCUT2D eigenvalue weighted by Gasteiger charge is 2.02. The first-order chi connectivity index (χ1) is 6.25. The molecule has 66 valence electrons. The number of anilines is 1. The van der Waals surface area contributed by atoms with Gasteiger partial charge in [0.2, 0.25) is 0 Å². The van der Waals surface area contributed by atoms with Crippen molar-refractivity contribution in [3.05, 3.63) is 29.3 Å². The molecular formula is C9H9N3S. The molecule has 0 aliphatic heterocycles. The van der Waals surface area contributed by atoms with Gasteiger partial charge in [-0.1, -0.05) is 11.3 Å². The van der Waals surface area contributed by atoms with E-state index in [1.807, 2.05) is 31.2 Å². The van der Waals surface area contributed by atoms with Gasteiger partial charge in [0, 0.05) is 11.3 Å². The minimum Gasteiger partial charge on any atom is -0.399 e. The van der Waals surface area contributed by atoms with Crippen LogP contribution in [-0.2, 0) is 0 Å². The Bertz CT molecular complexity index is 405. The van der Waals surface area contributed by atoms with Crippen LogP contribution >= 0.6 is 11.3 Å². The van der Waals surface area contributed by atoms with Crippen LogP contribution < -0.4 is 5.73 Å². The lowest BCUT2D eigenvalue weighted by Gasteiger charge is -1.94. The molecule has 0 atom stereocenters. The van der Waals surface area contributed by atoms with Crippen LogP contribution in [0.15, 0.2) is 24.3 Å². The molecule has 1 heterocycles. The highest BCUT2D eigenvalue weighted by molar-refractivity contribution is 7.14. The highest BCUT2D eigenvalue weighted by atomic mass is 32.1. The molecule has 0 aliphatic carbocycles. The standard InChI is InChI=1S/C9H9N3S/c1-6-11-12-9(13-6)7-2-4-8(10)5-3-7/h2-5H,10H2,1H3. The van der Waals surface area contributed by atoms with E-state index in [1.54, 1.807) is 11.3 Å². The van der Waals surface area contributed by atoms with Crippen molar-refractivity contribution < 1.29 is 0 Å². The number of hydrogen-bond donors (Lipinski definition) is 1. The summed E-state index contributed by atoms with van der Waals surface area (Å²) in [4.78, 5) is 0. The summed E-state index contributed by atoms with van der Waals surface area (Å²) < 4.78 is 0. The molecule has 2 N–H and O–H groups in total. The Morgan fingerprint density at radius 1 is 1.15 bits per heavy atom. The van der Waals surface area contributed by atoms with Gasteiger partial charge < -0.3 is 5.73 Å². The molecule has 4 heteroatoms. The predicted molar refractivity (Wildman–Crippen MR) is 54.5 cm³/mol. The third-order valence-electron chi connectivity index (χ3n) is 1.68. The first kappa shape index (κ1) is 8.19. The summed E-state index contributed by atoms with van der Waals surface area (Å²) in [6.07, 6.45) is 0. The molecule has 13 heavy (non-hydrogen) atoms. The zero-order chi connectivity index (χ0) is 9.26. The third-order valence-corrected chi connectivity index (χ3v) is 2.57. The first-order valence-corrected chi connectivity index (χ1v) is 4.73. The fraction of sp³-hybridized carbons (Fsp3) is 0.111. The number of benzene rings is 1. The van der Waals surface area contributed by atoms with Crippen LogP contribution in [-0.4, -0.2) is 10.2 Å². The Balaban J connectivity index is 2.41. The number of nitrogens with zero attached hydrogens (tertiary/aromatic N) is 2. The number of nitrogen functional groups attached to an aromatic ring is 1. The quantitative estimate of drug-likeness (QED) is 0.702. The SMILES string of the molecule is Cc1nnc(-c2ccc(N)cc2)s1. The van der Waals surface area contributed by atoms with E-state index in [0.29, 0.717) is 0 Å². The van der Waals surface area contributed by atoms with Crippen molar-refractivity contribution in [2.75, 3.05) is 5.73 Å². The van der Waals surface area contributed by atoms with E-state index in [-0.39, 0.29) is 0 Å². The monoisotopic (exact) mass is 191 g/mol. The Morgan fingerprint density at radius 3 is 2.38 bits per heavy atom. The zero-order valence-electron chi connectivity index (χ0n) is 7.19. The molecule has 2 rings (SSSR count). The Labute approximate surface area is 80.2 Å². The third kappa shape index (κ3) is 1.67. The average molecular weight is 191 g/mol. The lowest BCUT2D eigenvalue weighted by Crippen LogP contribution is -1.83. The molecule has 2 aromatic rings. The molecule has 0 saturated carbocycles. The molecule has 0 fully saturated rings. The summed E-state index contributed by atoms with van der Waals surface area (Å²) in [6.45, 7) is 1.94. The fourth-order valence-electron chi connectivity index (χ4n) is 1.04. The van der Waals surface area contributed by atoms with Gasteiger partial charge in [-0.25, -0.2) is 0 Å². The molecule has 0 unspecified atom stereocenters. The first-order valence-electron chi connectivity index (χ1n) is 3.92. The van der Waals surface area contributed by atoms with Gasteiger partial charge in [-0.2, -0.15) is 0 Å². The summed E-state index contributed by atoms with van der Waals surface area (Å²) in [5.41, 5.74) is 7.42. The van der Waals surface area contributed by atoms with Crippen molar-refractivity contribution in [3.63, 3.8) is 0 Å². The van der Waals surface area contributed by atoms with Gasteiger partial charge in [-0.3, -0.25) is 0 Å².